The minimum absolute atomic E-state index is 0.0707. The molecule has 0 aromatic heterocycles. The van der Waals surface area contributed by atoms with Gasteiger partial charge in [0, 0.05) is 48.9 Å². The van der Waals surface area contributed by atoms with Crippen molar-refractivity contribution in [1.29, 1.82) is 0 Å². The van der Waals surface area contributed by atoms with Crippen LogP contribution in [0.25, 0.3) is 0 Å². The molecule has 0 saturated carbocycles. The van der Waals surface area contributed by atoms with Crippen molar-refractivity contribution < 1.29 is 0 Å². The number of nitrogens with two attached hydrogens (primary N) is 1. The Hall–Kier alpha value is -0.580. The Bertz CT molecular complexity index is 437. The molecule has 1 aromatic carbocycles. The van der Waals surface area contributed by atoms with Crippen LogP contribution < -0.4 is 10.6 Å². The molecule has 0 amide bonds. The second kappa shape index (κ2) is 6.92. The van der Waals surface area contributed by atoms with E-state index in [0.29, 0.717) is 0 Å². The fourth-order valence-electron chi connectivity index (χ4n) is 2.79. The predicted molar refractivity (Wildman–Crippen MR) is 90.2 cm³/mol. The van der Waals surface area contributed by atoms with Crippen molar-refractivity contribution in [2.24, 2.45) is 11.7 Å². The number of piperazine rings is 1. The van der Waals surface area contributed by atoms with Gasteiger partial charge in [0.25, 0.3) is 0 Å². The summed E-state index contributed by atoms with van der Waals surface area (Å²) in [6.45, 7) is 12.3. The van der Waals surface area contributed by atoms with Crippen molar-refractivity contribution >= 4 is 21.6 Å². The molecule has 0 bridgehead atoms. The summed E-state index contributed by atoms with van der Waals surface area (Å²) in [5, 5.41) is 0. The summed E-state index contributed by atoms with van der Waals surface area (Å²) in [4.78, 5) is 5.03. The lowest BCUT2D eigenvalue weighted by Crippen LogP contribution is -2.47. The Morgan fingerprint density at radius 3 is 2.30 bits per heavy atom. The van der Waals surface area contributed by atoms with Crippen LogP contribution in [-0.2, 0) is 0 Å². The molecule has 1 fully saturated rings. The van der Waals surface area contributed by atoms with E-state index in [2.05, 4.69) is 57.8 Å². The third kappa shape index (κ3) is 3.96. The Kier molecular flexibility index (Phi) is 5.47. The first-order valence-corrected chi connectivity index (χ1v) is 8.29. The molecule has 4 heteroatoms. The standard InChI is InChI=1S/C16H26BrN3/c1-12(2)11-19-6-8-20(9-7-19)14-4-5-15(13(3)18)16(17)10-14/h4-5,10,12-13H,6-9,11,18H2,1-3H3. The fourth-order valence-corrected chi connectivity index (χ4v) is 3.51. The number of benzene rings is 1. The summed E-state index contributed by atoms with van der Waals surface area (Å²) in [5.74, 6) is 0.751. The third-order valence-electron chi connectivity index (χ3n) is 3.84. The van der Waals surface area contributed by atoms with Crippen molar-refractivity contribution in [3.05, 3.63) is 28.2 Å². The molecule has 1 aromatic rings. The first kappa shape index (κ1) is 15.8. The van der Waals surface area contributed by atoms with Gasteiger partial charge < -0.3 is 10.6 Å². The molecular formula is C16H26BrN3. The van der Waals surface area contributed by atoms with Crippen LogP contribution in [0, 0.1) is 5.92 Å². The molecule has 1 heterocycles. The van der Waals surface area contributed by atoms with E-state index >= 15 is 0 Å². The summed E-state index contributed by atoms with van der Waals surface area (Å²) < 4.78 is 1.12. The summed E-state index contributed by atoms with van der Waals surface area (Å²) in [6.07, 6.45) is 0. The normalized spacial score (nSPS) is 18.6. The van der Waals surface area contributed by atoms with E-state index < -0.39 is 0 Å². The van der Waals surface area contributed by atoms with Crippen LogP contribution in [0.3, 0.4) is 0 Å². The molecule has 2 rings (SSSR count). The molecular weight excluding hydrogens is 314 g/mol. The van der Waals surface area contributed by atoms with Crippen LogP contribution >= 0.6 is 15.9 Å². The van der Waals surface area contributed by atoms with Crippen molar-refractivity contribution in [2.45, 2.75) is 26.8 Å². The molecule has 20 heavy (non-hydrogen) atoms. The Balaban J connectivity index is 1.98. The van der Waals surface area contributed by atoms with Gasteiger partial charge in [0.1, 0.15) is 0 Å². The smallest absolute Gasteiger partial charge is 0.0378 e. The maximum atomic E-state index is 5.96. The van der Waals surface area contributed by atoms with Gasteiger partial charge in [-0.25, -0.2) is 0 Å². The average Bonchev–Trinajstić information content (AvgIpc) is 2.38. The second-order valence-electron chi connectivity index (χ2n) is 6.18. The van der Waals surface area contributed by atoms with Crippen molar-refractivity contribution in [3.8, 4) is 0 Å². The van der Waals surface area contributed by atoms with Crippen molar-refractivity contribution in [3.63, 3.8) is 0 Å². The molecule has 0 aliphatic carbocycles. The largest absolute Gasteiger partial charge is 0.369 e. The summed E-state index contributed by atoms with van der Waals surface area (Å²) in [6, 6.07) is 6.62. The quantitative estimate of drug-likeness (QED) is 0.913. The van der Waals surface area contributed by atoms with Crippen LogP contribution in [-0.4, -0.2) is 37.6 Å². The van der Waals surface area contributed by atoms with E-state index in [9.17, 15) is 0 Å². The highest BCUT2D eigenvalue weighted by molar-refractivity contribution is 9.10. The van der Waals surface area contributed by atoms with Crippen LogP contribution in [0.4, 0.5) is 5.69 Å². The summed E-state index contributed by atoms with van der Waals surface area (Å²) >= 11 is 3.64. The zero-order valence-corrected chi connectivity index (χ0v) is 14.4. The average molecular weight is 340 g/mol. The molecule has 1 unspecified atom stereocenters. The lowest BCUT2D eigenvalue weighted by Gasteiger charge is -2.37. The lowest BCUT2D eigenvalue weighted by molar-refractivity contribution is 0.231. The van der Waals surface area contributed by atoms with E-state index in [-0.39, 0.29) is 6.04 Å². The van der Waals surface area contributed by atoms with Crippen LogP contribution in [0.15, 0.2) is 22.7 Å². The van der Waals surface area contributed by atoms with E-state index in [1.54, 1.807) is 0 Å². The number of halogens is 1. The van der Waals surface area contributed by atoms with Gasteiger partial charge in [0.15, 0.2) is 0 Å². The van der Waals surface area contributed by atoms with Gasteiger partial charge in [-0.1, -0.05) is 35.8 Å². The number of rotatable bonds is 4. The van der Waals surface area contributed by atoms with Crippen molar-refractivity contribution in [2.75, 3.05) is 37.6 Å². The van der Waals surface area contributed by atoms with Gasteiger partial charge in [-0.3, -0.25) is 4.90 Å². The minimum atomic E-state index is 0.0707. The van der Waals surface area contributed by atoms with Gasteiger partial charge in [-0.15, -0.1) is 0 Å². The maximum absolute atomic E-state index is 5.96. The Labute approximate surface area is 131 Å². The second-order valence-corrected chi connectivity index (χ2v) is 7.03. The highest BCUT2D eigenvalue weighted by atomic mass is 79.9. The highest BCUT2D eigenvalue weighted by Crippen LogP contribution is 2.28. The van der Waals surface area contributed by atoms with E-state index in [1.165, 1.54) is 17.8 Å². The first-order chi connectivity index (χ1) is 9.47. The maximum Gasteiger partial charge on any atom is 0.0378 e. The van der Waals surface area contributed by atoms with Gasteiger partial charge in [-0.2, -0.15) is 0 Å². The third-order valence-corrected chi connectivity index (χ3v) is 4.52. The molecule has 1 aliphatic rings. The number of anilines is 1. The SMILES string of the molecule is CC(C)CN1CCN(c2ccc(C(C)N)c(Br)c2)CC1. The molecule has 1 saturated heterocycles. The number of nitrogens with zero attached hydrogens (tertiary/aromatic N) is 2. The van der Waals surface area contributed by atoms with Crippen molar-refractivity contribution in [1.82, 2.24) is 4.90 Å². The molecule has 2 N–H and O–H groups in total. The van der Waals surface area contributed by atoms with Gasteiger partial charge in [0.05, 0.1) is 0 Å². The number of hydrogen-bond donors (Lipinski definition) is 1. The molecule has 0 spiro atoms. The molecule has 1 atom stereocenters. The Morgan fingerprint density at radius 1 is 1.15 bits per heavy atom. The zero-order valence-electron chi connectivity index (χ0n) is 12.8. The Morgan fingerprint density at radius 2 is 1.80 bits per heavy atom. The lowest BCUT2D eigenvalue weighted by atomic mass is 10.1. The predicted octanol–water partition coefficient (Wildman–Crippen LogP) is 3.25. The molecule has 112 valence electrons. The number of hydrogen-bond acceptors (Lipinski definition) is 3. The van der Waals surface area contributed by atoms with E-state index in [0.717, 1.165) is 36.6 Å². The van der Waals surface area contributed by atoms with Gasteiger partial charge in [0.2, 0.25) is 0 Å². The van der Waals surface area contributed by atoms with Gasteiger partial charge >= 0.3 is 0 Å². The van der Waals surface area contributed by atoms with Crippen LogP contribution in [0.2, 0.25) is 0 Å². The van der Waals surface area contributed by atoms with Crippen LogP contribution in [0.5, 0.6) is 0 Å². The fraction of sp³-hybridized carbons (Fsp3) is 0.625. The summed E-state index contributed by atoms with van der Waals surface area (Å²) in [5.41, 5.74) is 8.43. The minimum Gasteiger partial charge on any atom is -0.369 e. The summed E-state index contributed by atoms with van der Waals surface area (Å²) in [7, 11) is 0. The first-order valence-electron chi connectivity index (χ1n) is 7.49. The van der Waals surface area contributed by atoms with Crippen LogP contribution in [0.1, 0.15) is 32.4 Å². The molecule has 3 nitrogen and oxygen atoms in total. The topological polar surface area (TPSA) is 32.5 Å². The highest BCUT2D eigenvalue weighted by Gasteiger charge is 2.18. The molecule has 0 radical (unpaired) electrons. The van der Waals surface area contributed by atoms with Gasteiger partial charge in [-0.05, 0) is 30.5 Å². The van der Waals surface area contributed by atoms with E-state index in [4.69, 9.17) is 5.73 Å². The molecule has 1 aliphatic heterocycles. The monoisotopic (exact) mass is 339 g/mol. The zero-order chi connectivity index (χ0) is 14.7. The van der Waals surface area contributed by atoms with E-state index in [1.807, 2.05) is 6.92 Å².